The van der Waals surface area contributed by atoms with E-state index in [1.165, 1.54) is 18.8 Å². The topological polar surface area (TPSA) is 138 Å². The van der Waals surface area contributed by atoms with E-state index in [2.05, 4.69) is 25.9 Å². The first-order valence-electron chi connectivity index (χ1n) is 9.10. The van der Waals surface area contributed by atoms with Crippen molar-refractivity contribution in [3.63, 3.8) is 0 Å². The summed E-state index contributed by atoms with van der Waals surface area (Å²) in [5.74, 6) is 0.299. The number of nitrogens with zero attached hydrogens (tertiary/aromatic N) is 2. The zero-order valence-electron chi connectivity index (χ0n) is 16.2. The van der Waals surface area contributed by atoms with E-state index in [0.717, 1.165) is 31.1 Å². The Morgan fingerprint density at radius 3 is 2.89 bits per heavy atom. The van der Waals surface area contributed by atoms with Crippen molar-refractivity contribution in [2.24, 2.45) is 5.73 Å². The van der Waals surface area contributed by atoms with Crippen LogP contribution in [0.1, 0.15) is 24.6 Å². The van der Waals surface area contributed by atoms with Crippen LogP contribution in [0, 0.1) is 12.3 Å². The summed E-state index contributed by atoms with van der Waals surface area (Å²) < 4.78 is 5.34. The lowest BCUT2D eigenvalue weighted by Crippen LogP contribution is -2.20. The third-order valence-corrected chi connectivity index (χ3v) is 3.94. The molecule has 1 fully saturated rings. The second-order valence-corrected chi connectivity index (χ2v) is 6.17. The standard InChI is InChI=1S/C13H14N6O.C6H13NO/c1-8-4-10(2-3-16-8)18-11-7-17-12(19-13(15)20)5-9(11)6-14;1-2-8-6-3-4-7-5-6/h2-7,14H,1H3,(H,16,18)(H3,15,17,19,20);6-7H,2-5H2,1H3/t;6-/m.1/s1. The summed E-state index contributed by atoms with van der Waals surface area (Å²) in [5.41, 5.74) is 7.99. The Balaban J connectivity index is 0.000000292. The number of anilines is 3. The maximum absolute atomic E-state index is 10.8. The molecule has 3 rings (SSSR count). The predicted molar refractivity (Wildman–Crippen MR) is 110 cm³/mol. The first-order chi connectivity index (χ1) is 13.5. The van der Waals surface area contributed by atoms with Gasteiger partial charge in [-0.1, -0.05) is 0 Å². The fraction of sp³-hybridized carbons (Fsp3) is 0.368. The molecule has 0 aromatic carbocycles. The molecule has 0 spiro atoms. The highest BCUT2D eigenvalue weighted by Crippen LogP contribution is 2.21. The summed E-state index contributed by atoms with van der Waals surface area (Å²) in [6.45, 7) is 6.96. The molecule has 28 heavy (non-hydrogen) atoms. The molecule has 0 radical (unpaired) electrons. The van der Waals surface area contributed by atoms with E-state index in [1.807, 2.05) is 26.0 Å². The second-order valence-electron chi connectivity index (χ2n) is 6.17. The molecule has 6 N–H and O–H groups in total. The molecule has 9 nitrogen and oxygen atoms in total. The van der Waals surface area contributed by atoms with Gasteiger partial charge in [0.1, 0.15) is 5.82 Å². The van der Waals surface area contributed by atoms with Crippen molar-refractivity contribution in [1.82, 2.24) is 15.3 Å². The number of ether oxygens (including phenoxy) is 1. The van der Waals surface area contributed by atoms with Gasteiger partial charge < -0.3 is 26.5 Å². The number of aromatic nitrogens is 2. The predicted octanol–water partition coefficient (Wildman–Crippen LogP) is 2.40. The van der Waals surface area contributed by atoms with Crippen LogP contribution in [0.2, 0.25) is 0 Å². The average Bonchev–Trinajstić information content (AvgIpc) is 3.17. The number of carbonyl (C=O) groups excluding carboxylic acids is 1. The molecule has 0 unspecified atom stereocenters. The average molecular weight is 385 g/mol. The van der Waals surface area contributed by atoms with Crippen LogP contribution in [0.3, 0.4) is 0 Å². The summed E-state index contributed by atoms with van der Waals surface area (Å²) in [4.78, 5) is 18.9. The molecule has 2 amide bonds. The monoisotopic (exact) mass is 385 g/mol. The zero-order chi connectivity index (χ0) is 20.4. The maximum atomic E-state index is 10.8. The van der Waals surface area contributed by atoms with Gasteiger partial charge in [0.25, 0.3) is 0 Å². The number of hydrogen-bond acceptors (Lipinski definition) is 7. The van der Waals surface area contributed by atoms with Gasteiger partial charge in [0.15, 0.2) is 0 Å². The number of primary amides is 1. The van der Waals surface area contributed by atoms with Crippen LogP contribution in [-0.4, -0.2) is 48.0 Å². The van der Waals surface area contributed by atoms with Crippen molar-refractivity contribution in [2.45, 2.75) is 26.4 Å². The van der Waals surface area contributed by atoms with Crippen molar-refractivity contribution in [1.29, 1.82) is 5.41 Å². The van der Waals surface area contributed by atoms with Crippen LogP contribution in [0.25, 0.3) is 0 Å². The quantitative estimate of drug-likeness (QED) is 0.484. The van der Waals surface area contributed by atoms with Crippen molar-refractivity contribution in [3.8, 4) is 0 Å². The summed E-state index contributed by atoms with van der Waals surface area (Å²) in [6.07, 6.45) is 6.08. The van der Waals surface area contributed by atoms with E-state index >= 15 is 0 Å². The van der Waals surface area contributed by atoms with Gasteiger partial charge in [0.05, 0.1) is 18.0 Å². The molecular weight excluding hydrogens is 358 g/mol. The Labute approximate surface area is 164 Å². The lowest BCUT2D eigenvalue weighted by molar-refractivity contribution is 0.0775. The Morgan fingerprint density at radius 1 is 1.46 bits per heavy atom. The fourth-order valence-corrected chi connectivity index (χ4v) is 2.67. The third kappa shape index (κ3) is 6.93. The smallest absolute Gasteiger partial charge is 0.317 e. The molecule has 2 aromatic heterocycles. The summed E-state index contributed by atoms with van der Waals surface area (Å²) in [5, 5.41) is 16.2. The number of nitrogens with two attached hydrogens (primary N) is 1. The van der Waals surface area contributed by atoms with Gasteiger partial charge in [-0.25, -0.2) is 9.78 Å². The largest absolute Gasteiger partial charge is 0.377 e. The summed E-state index contributed by atoms with van der Waals surface area (Å²) >= 11 is 0. The van der Waals surface area contributed by atoms with Crippen molar-refractivity contribution in [3.05, 3.63) is 41.9 Å². The van der Waals surface area contributed by atoms with Gasteiger partial charge in [0, 0.05) is 42.5 Å². The minimum atomic E-state index is -0.695. The number of amides is 2. The van der Waals surface area contributed by atoms with E-state index in [4.69, 9.17) is 15.9 Å². The van der Waals surface area contributed by atoms with Gasteiger partial charge >= 0.3 is 6.03 Å². The number of pyridine rings is 2. The fourth-order valence-electron chi connectivity index (χ4n) is 2.67. The Morgan fingerprint density at radius 2 is 2.29 bits per heavy atom. The van der Waals surface area contributed by atoms with Crippen molar-refractivity contribution >= 4 is 29.4 Å². The van der Waals surface area contributed by atoms with Crippen LogP contribution < -0.4 is 21.7 Å². The molecule has 150 valence electrons. The molecular formula is C19H27N7O2. The number of aryl methyl sites for hydroxylation is 1. The molecule has 3 heterocycles. The van der Waals surface area contributed by atoms with E-state index in [9.17, 15) is 4.79 Å². The minimum absolute atomic E-state index is 0.299. The van der Waals surface area contributed by atoms with Crippen LogP contribution in [0.15, 0.2) is 30.6 Å². The van der Waals surface area contributed by atoms with Gasteiger partial charge in [-0.05, 0) is 45.0 Å². The zero-order valence-corrected chi connectivity index (χ0v) is 16.2. The van der Waals surface area contributed by atoms with E-state index in [-0.39, 0.29) is 0 Å². The Hall–Kier alpha value is -3.04. The second kappa shape index (κ2) is 11.0. The molecule has 9 heteroatoms. The molecule has 0 aliphatic carbocycles. The van der Waals surface area contributed by atoms with Gasteiger partial charge in [-0.15, -0.1) is 0 Å². The highest BCUT2D eigenvalue weighted by molar-refractivity contribution is 5.91. The molecule has 1 aliphatic heterocycles. The molecule has 0 saturated carbocycles. The number of nitrogens with one attached hydrogen (secondary N) is 4. The highest BCUT2D eigenvalue weighted by Gasteiger charge is 2.12. The Bertz CT molecular complexity index is 792. The van der Waals surface area contributed by atoms with Gasteiger partial charge in [-0.2, -0.15) is 0 Å². The molecule has 1 saturated heterocycles. The van der Waals surface area contributed by atoms with Gasteiger partial charge in [0.2, 0.25) is 0 Å². The highest BCUT2D eigenvalue weighted by atomic mass is 16.5. The summed E-state index contributed by atoms with van der Waals surface area (Å²) in [7, 11) is 0. The molecule has 1 atom stereocenters. The minimum Gasteiger partial charge on any atom is -0.377 e. The first-order valence-corrected chi connectivity index (χ1v) is 9.10. The first kappa shape index (κ1) is 21.3. The van der Waals surface area contributed by atoms with E-state index in [0.29, 0.717) is 23.2 Å². The van der Waals surface area contributed by atoms with E-state index in [1.54, 1.807) is 12.3 Å². The lowest BCUT2D eigenvalue weighted by Gasteiger charge is -2.10. The molecule has 0 bridgehead atoms. The normalized spacial score (nSPS) is 15.3. The molecule has 2 aromatic rings. The van der Waals surface area contributed by atoms with Crippen LogP contribution in [-0.2, 0) is 4.74 Å². The van der Waals surface area contributed by atoms with Crippen molar-refractivity contribution in [2.75, 3.05) is 30.3 Å². The van der Waals surface area contributed by atoms with Crippen LogP contribution in [0.5, 0.6) is 0 Å². The van der Waals surface area contributed by atoms with Gasteiger partial charge in [-0.3, -0.25) is 10.3 Å². The maximum Gasteiger partial charge on any atom is 0.317 e. The number of rotatable bonds is 6. The van der Waals surface area contributed by atoms with E-state index < -0.39 is 6.03 Å². The summed E-state index contributed by atoms with van der Waals surface area (Å²) in [6, 6.07) is 4.56. The SMILES string of the molecule is CCO[C@@H]1CCNC1.Cc1cc(Nc2cnc(NC(N)=O)cc2C=N)ccn1. The molecule has 1 aliphatic rings. The number of urea groups is 1. The van der Waals surface area contributed by atoms with Crippen LogP contribution >= 0.6 is 0 Å². The van der Waals surface area contributed by atoms with Crippen LogP contribution in [0.4, 0.5) is 22.0 Å². The Kier molecular flexibility index (Phi) is 8.32. The lowest BCUT2D eigenvalue weighted by atomic mass is 10.2. The third-order valence-electron chi connectivity index (χ3n) is 3.94. The number of carbonyl (C=O) groups is 1. The number of hydrogen-bond donors (Lipinski definition) is 5. The van der Waals surface area contributed by atoms with Crippen molar-refractivity contribution < 1.29 is 9.53 Å².